The van der Waals surface area contributed by atoms with Gasteiger partial charge >= 0.3 is 0 Å². The predicted octanol–water partition coefficient (Wildman–Crippen LogP) is 1.39. The molecule has 16 heavy (non-hydrogen) atoms. The van der Waals surface area contributed by atoms with Crippen LogP contribution in [0.25, 0.3) is 0 Å². The third-order valence-corrected chi connectivity index (χ3v) is 3.22. The molecule has 86 valence electrons. The Hall–Kier alpha value is -1.19. The Balaban J connectivity index is 2.15. The van der Waals surface area contributed by atoms with Crippen molar-refractivity contribution < 1.29 is 15.0 Å². The Labute approximate surface area is 94.7 Å². The molecule has 0 heterocycles. The molecular weight excluding hydrogens is 204 g/mol. The lowest BCUT2D eigenvalue weighted by molar-refractivity contribution is -0.0363. The van der Waals surface area contributed by atoms with E-state index in [0.29, 0.717) is 18.4 Å². The number of hydrogen-bond acceptors (Lipinski definition) is 3. The monoisotopic (exact) mass is 220 g/mol. The smallest absolute Gasteiger partial charge is 0.168 e. The van der Waals surface area contributed by atoms with E-state index < -0.39 is 18.1 Å². The highest BCUT2D eigenvalue weighted by Crippen LogP contribution is 2.27. The maximum atomic E-state index is 12.1. The van der Waals surface area contributed by atoms with Crippen molar-refractivity contribution in [2.45, 2.75) is 31.5 Å². The first kappa shape index (κ1) is 11.3. The molecule has 1 aliphatic rings. The standard InChI is InChI=1S/C13H16O3/c14-11-8-4-7-10(13(11)16)12(15)9-5-2-1-3-6-9/h1-3,5-6,10-11,13-14,16H,4,7-8H2. The summed E-state index contributed by atoms with van der Waals surface area (Å²) in [5.41, 5.74) is 0.612. The second-order valence-electron chi connectivity index (χ2n) is 4.33. The molecule has 0 aliphatic heterocycles. The Bertz CT molecular complexity index is 361. The largest absolute Gasteiger partial charge is 0.390 e. The number of hydrogen-bond donors (Lipinski definition) is 2. The molecule has 0 amide bonds. The zero-order valence-electron chi connectivity index (χ0n) is 9.04. The molecule has 0 aromatic heterocycles. The maximum Gasteiger partial charge on any atom is 0.168 e. The van der Waals surface area contributed by atoms with Crippen LogP contribution in [-0.2, 0) is 0 Å². The summed E-state index contributed by atoms with van der Waals surface area (Å²) in [4.78, 5) is 12.1. The van der Waals surface area contributed by atoms with E-state index in [-0.39, 0.29) is 5.78 Å². The summed E-state index contributed by atoms with van der Waals surface area (Å²) in [5, 5.41) is 19.3. The average Bonchev–Trinajstić information content (AvgIpc) is 2.33. The lowest BCUT2D eigenvalue weighted by atomic mass is 9.80. The van der Waals surface area contributed by atoms with Gasteiger partial charge in [0.15, 0.2) is 5.78 Å². The van der Waals surface area contributed by atoms with Gasteiger partial charge in [0.2, 0.25) is 0 Å². The lowest BCUT2D eigenvalue weighted by Crippen LogP contribution is -2.41. The number of carbonyl (C=O) groups is 1. The third kappa shape index (κ3) is 2.15. The van der Waals surface area contributed by atoms with Gasteiger partial charge in [-0.3, -0.25) is 4.79 Å². The normalized spacial score (nSPS) is 30.0. The van der Waals surface area contributed by atoms with Crippen LogP contribution in [0.4, 0.5) is 0 Å². The highest BCUT2D eigenvalue weighted by atomic mass is 16.3. The van der Waals surface area contributed by atoms with Crippen molar-refractivity contribution in [3.05, 3.63) is 35.9 Å². The molecule has 1 saturated carbocycles. The van der Waals surface area contributed by atoms with Gasteiger partial charge in [-0.15, -0.1) is 0 Å². The summed E-state index contributed by atoms with van der Waals surface area (Å²) in [7, 11) is 0. The molecule has 2 rings (SSSR count). The minimum Gasteiger partial charge on any atom is -0.390 e. The van der Waals surface area contributed by atoms with E-state index in [0.717, 1.165) is 6.42 Å². The van der Waals surface area contributed by atoms with Crippen LogP contribution in [0.15, 0.2) is 30.3 Å². The van der Waals surface area contributed by atoms with Gasteiger partial charge in [0.25, 0.3) is 0 Å². The summed E-state index contributed by atoms with van der Waals surface area (Å²) in [6, 6.07) is 8.95. The van der Waals surface area contributed by atoms with E-state index in [1.165, 1.54) is 0 Å². The number of carbonyl (C=O) groups excluding carboxylic acids is 1. The van der Waals surface area contributed by atoms with Gasteiger partial charge in [-0.1, -0.05) is 30.3 Å². The molecule has 3 unspecified atom stereocenters. The van der Waals surface area contributed by atoms with Crippen LogP contribution in [0.5, 0.6) is 0 Å². The number of Topliss-reactive ketones (excluding diaryl/α,β-unsaturated/α-hetero) is 1. The van der Waals surface area contributed by atoms with Gasteiger partial charge < -0.3 is 10.2 Å². The molecule has 0 radical (unpaired) electrons. The summed E-state index contributed by atoms with van der Waals surface area (Å²) < 4.78 is 0. The van der Waals surface area contributed by atoms with Crippen molar-refractivity contribution in [1.82, 2.24) is 0 Å². The molecule has 1 aromatic carbocycles. The van der Waals surface area contributed by atoms with E-state index in [4.69, 9.17) is 0 Å². The Kier molecular flexibility index (Phi) is 3.36. The molecule has 1 aromatic rings. The summed E-state index contributed by atoms with van der Waals surface area (Å²) in [6.07, 6.45) is 0.362. The van der Waals surface area contributed by atoms with Crippen LogP contribution >= 0.6 is 0 Å². The first-order chi connectivity index (χ1) is 7.70. The van der Waals surface area contributed by atoms with Crippen molar-refractivity contribution in [3.63, 3.8) is 0 Å². The Morgan fingerprint density at radius 3 is 2.50 bits per heavy atom. The van der Waals surface area contributed by atoms with Crippen molar-refractivity contribution in [1.29, 1.82) is 0 Å². The summed E-state index contributed by atoms with van der Waals surface area (Å²) >= 11 is 0. The molecule has 0 bridgehead atoms. The molecule has 0 spiro atoms. The topological polar surface area (TPSA) is 57.5 Å². The maximum absolute atomic E-state index is 12.1. The molecule has 3 nitrogen and oxygen atoms in total. The quantitative estimate of drug-likeness (QED) is 0.740. The zero-order valence-corrected chi connectivity index (χ0v) is 9.04. The van der Waals surface area contributed by atoms with Gasteiger partial charge in [0, 0.05) is 5.56 Å². The van der Waals surface area contributed by atoms with E-state index in [1.807, 2.05) is 6.07 Å². The minimum atomic E-state index is -0.915. The number of benzene rings is 1. The molecule has 1 aliphatic carbocycles. The van der Waals surface area contributed by atoms with Crippen molar-refractivity contribution in [2.24, 2.45) is 5.92 Å². The van der Waals surface area contributed by atoms with Crippen LogP contribution < -0.4 is 0 Å². The van der Waals surface area contributed by atoms with Crippen LogP contribution in [0.1, 0.15) is 29.6 Å². The predicted molar refractivity (Wildman–Crippen MR) is 60.1 cm³/mol. The van der Waals surface area contributed by atoms with E-state index in [2.05, 4.69) is 0 Å². The van der Waals surface area contributed by atoms with Crippen molar-refractivity contribution in [2.75, 3.05) is 0 Å². The number of ketones is 1. The van der Waals surface area contributed by atoms with Crippen LogP contribution in [0, 0.1) is 5.92 Å². The van der Waals surface area contributed by atoms with Crippen molar-refractivity contribution >= 4 is 5.78 Å². The second-order valence-corrected chi connectivity index (χ2v) is 4.33. The number of aliphatic hydroxyl groups is 2. The fourth-order valence-corrected chi connectivity index (χ4v) is 2.26. The van der Waals surface area contributed by atoms with E-state index in [9.17, 15) is 15.0 Å². The first-order valence-electron chi connectivity index (χ1n) is 5.65. The first-order valence-corrected chi connectivity index (χ1v) is 5.65. The third-order valence-electron chi connectivity index (χ3n) is 3.22. The molecule has 0 saturated heterocycles. The number of rotatable bonds is 2. The fraction of sp³-hybridized carbons (Fsp3) is 0.462. The van der Waals surface area contributed by atoms with Gasteiger partial charge in [0.05, 0.1) is 18.1 Å². The Morgan fingerprint density at radius 2 is 1.81 bits per heavy atom. The molecule has 3 heteroatoms. The van der Waals surface area contributed by atoms with Crippen LogP contribution in [0.3, 0.4) is 0 Å². The van der Waals surface area contributed by atoms with Crippen LogP contribution in [-0.4, -0.2) is 28.2 Å². The highest BCUT2D eigenvalue weighted by molar-refractivity contribution is 5.98. The van der Waals surface area contributed by atoms with Gasteiger partial charge in [-0.2, -0.15) is 0 Å². The molecule has 1 fully saturated rings. The second kappa shape index (κ2) is 4.76. The van der Waals surface area contributed by atoms with E-state index >= 15 is 0 Å². The SMILES string of the molecule is O=C(c1ccccc1)C1CCCC(O)C1O. The van der Waals surface area contributed by atoms with E-state index in [1.54, 1.807) is 24.3 Å². The summed E-state index contributed by atoms with van der Waals surface area (Å²) in [5.74, 6) is -0.516. The zero-order chi connectivity index (χ0) is 11.5. The molecule has 2 N–H and O–H groups in total. The summed E-state index contributed by atoms with van der Waals surface area (Å²) in [6.45, 7) is 0. The van der Waals surface area contributed by atoms with Gasteiger partial charge in [0.1, 0.15) is 0 Å². The average molecular weight is 220 g/mol. The minimum absolute atomic E-state index is 0.0631. The number of aliphatic hydroxyl groups excluding tert-OH is 2. The van der Waals surface area contributed by atoms with Gasteiger partial charge in [-0.25, -0.2) is 0 Å². The molecule has 3 atom stereocenters. The van der Waals surface area contributed by atoms with Crippen LogP contribution in [0.2, 0.25) is 0 Å². The fourth-order valence-electron chi connectivity index (χ4n) is 2.26. The lowest BCUT2D eigenvalue weighted by Gasteiger charge is -2.30. The molecular formula is C13H16O3. The van der Waals surface area contributed by atoms with Crippen molar-refractivity contribution in [3.8, 4) is 0 Å². The van der Waals surface area contributed by atoms with Gasteiger partial charge in [-0.05, 0) is 19.3 Å². The highest BCUT2D eigenvalue weighted by Gasteiger charge is 2.35. The Morgan fingerprint density at radius 1 is 1.12 bits per heavy atom.